The van der Waals surface area contributed by atoms with E-state index in [4.69, 9.17) is 16.3 Å². The fraction of sp³-hybridized carbons (Fsp3) is 0.429. The molecule has 230 valence electrons. The SMILES string of the molecule is O=C(Nc1ccccc1-c1ccccc1)OC1CCN(CCCCCCCCCNCC(=O)c2ccc(Cl)cc2O)CC1. The van der Waals surface area contributed by atoms with Crippen LogP contribution >= 0.6 is 11.6 Å². The second kappa shape index (κ2) is 17.7. The van der Waals surface area contributed by atoms with Gasteiger partial charge in [0.05, 0.1) is 17.8 Å². The topological polar surface area (TPSA) is 90.9 Å². The van der Waals surface area contributed by atoms with Gasteiger partial charge >= 0.3 is 6.09 Å². The van der Waals surface area contributed by atoms with Gasteiger partial charge in [-0.2, -0.15) is 0 Å². The van der Waals surface area contributed by atoms with Gasteiger partial charge in [0.2, 0.25) is 0 Å². The Bertz CT molecular complexity index is 1300. The molecule has 3 N–H and O–H groups in total. The lowest BCUT2D eigenvalue weighted by Gasteiger charge is -2.31. The number of carbonyl (C=O) groups is 2. The number of unbranched alkanes of at least 4 members (excludes halogenated alkanes) is 6. The first-order valence-corrected chi connectivity index (χ1v) is 15.9. The Kier molecular flexibility index (Phi) is 13.4. The van der Waals surface area contributed by atoms with Crippen molar-refractivity contribution in [3.63, 3.8) is 0 Å². The lowest BCUT2D eigenvalue weighted by molar-refractivity contribution is 0.0584. The van der Waals surface area contributed by atoms with Gasteiger partial charge in [0, 0.05) is 23.7 Å². The van der Waals surface area contributed by atoms with Crippen molar-refractivity contribution in [2.24, 2.45) is 0 Å². The molecule has 4 rings (SSSR count). The molecule has 7 nitrogen and oxygen atoms in total. The summed E-state index contributed by atoms with van der Waals surface area (Å²) in [4.78, 5) is 27.3. The number of ketones is 1. The van der Waals surface area contributed by atoms with Crippen LogP contribution in [0.1, 0.15) is 68.1 Å². The molecule has 43 heavy (non-hydrogen) atoms. The number of halogens is 1. The van der Waals surface area contributed by atoms with E-state index in [9.17, 15) is 14.7 Å². The predicted octanol–water partition coefficient (Wildman–Crippen LogP) is 7.93. The molecular weight excluding hydrogens is 562 g/mol. The number of likely N-dealkylation sites (tertiary alicyclic amines) is 1. The minimum absolute atomic E-state index is 0.0441. The first-order chi connectivity index (χ1) is 21.0. The molecule has 0 unspecified atom stereocenters. The number of hydrogen-bond donors (Lipinski definition) is 3. The van der Waals surface area contributed by atoms with Crippen LogP contribution in [0.5, 0.6) is 5.75 Å². The Labute approximate surface area is 260 Å². The quantitative estimate of drug-likeness (QED) is 0.113. The number of phenolic OH excluding ortho intramolecular Hbond substituents is 1. The lowest BCUT2D eigenvalue weighted by Crippen LogP contribution is -2.38. The highest BCUT2D eigenvalue weighted by Gasteiger charge is 2.22. The minimum atomic E-state index is -0.385. The Balaban J connectivity index is 0.991. The van der Waals surface area contributed by atoms with Gasteiger partial charge in [0.15, 0.2) is 5.78 Å². The van der Waals surface area contributed by atoms with Gasteiger partial charge in [-0.1, -0.05) is 92.2 Å². The summed E-state index contributed by atoms with van der Waals surface area (Å²) in [5.74, 6) is -0.198. The fourth-order valence-corrected chi connectivity index (χ4v) is 5.68. The van der Waals surface area contributed by atoms with E-state index in [1.54, 1.807) is 12.1 Å². The van der Waals surface area contributed by atoms with E-state index in [0.29, 0.717) is 10.6 Å². The number of phenols is 1. The van der Waals surface area contributed by atoms with Gasteiger partial charge in [0.25, 0.3) is 0 Å². The average Bonchev–Trinajstić information content (AvgIpc) is 3.01. The fourth-order valence-electron chi connectivity index (χ4n) is 5.51. The summed E-state index contributed by atoms with van der Waals surface area (Å²) >= 11 is 5.82. The molecule has 3 aromatic rings. The highest BCUT2D eigenvalue weighted by molar-refractivity contribution is 6.30. The maximum absolute atomic E-state index is 12.6. The number of aromatic hydroxyl groups is 1. The number of hydrogen-bond acceptors (Lipinski definition) is 6. The van der Waals surface area contributed by atoms with Gasteiger partial charge in [-0.25, -0.2) is 4.79 Å². The zero-order valence-electron chi connectivity index (χ0n) is 24.9. The van der Waals surface area contributed by atoms with Crippen LogP contribution in [0.3, 0.4) is 0 Å². The van der Waals surface area contributed by atoms with Crippen LogP contribution < -0.4 is 10.6 Å². The molecule has 0 bridgehead atoms. The molecule has 0 aromatic heterocycles. The molecule has 1 amide bonds. The summed E-state index contributed by atoms with van der Waals surface area (Å²) in [5.41, 5.74) is 3.10. The van der Waals surface area contributed by atoms with Crippen molar-refractivity contribution in [1.82, 2.24) is 10.2 Å². The first kappa shape index (κ1) is 32.5. The van der Waals surface area contributed by atoms with E-state index in [1.807, 2.05) is 54.6 Å². The summed E-state index contributed by atoms with van der Waals surface area (Å²) in [7, 11) is 0. The van der Waals surface area contributed by atoms with Gasteiger partial charge in [0.1, 0.15) is 11.9 Å². The van der Waals surface area contributed by atoms with Crippen LogP contribution in [0.2, 0.25) is 5.02 Å². The number of rotatable bonds is 16. The molecule has 1 saturated heterocycles. The maximum atomic E-state index is 12.6. The Morgan fingerprint density at radius 1 is 0.860 bits per heavy atom. The van der Waals surface area contributed by atoms with E-state index >= 15 is 0 Å². The van der Waals surface area contributed by atoms with Crippen molar-refractivity contribution in [2.45, 2.75) is 63.9 Å². The van der Waals surface area contributed by atoms with Crippen LogP contribution in [-0.2, 0) is 4.74 Å². The molecule has 0 spiro atoms. The molecule has 0 aliphatic carbocycles. The number of para-hydroxylation sites is 1. The van der Waals surface area contributed by atoms with Crippen LogP contribution in [0.15, 0.2) is 72.8 Å². The van der Waals surface area contributed by atoms with Crippen molar-refractivity contribution < 1.29 is 19.4 Å². The molecule has 0 saturated carbocycles. The Hall–Kier alpha value is -3.39. The van der Waals surface area contributed by atoms with E-state index in [1.165, 1.54) is 38.2 Å². The number of anilines is 1. The van der Waals surface area contributed by atoms with E-state index in [0.717, 1.165) is 68.7 Å². The maximum Gasteiger partial charge on any atom is 0.411 e. The van der Waals surface area contributed by atoms with Crippen molar-refractivity contribution >= 4 is 29.2 Å². The van der Waals surface area contributed by atoms with Crippen LogP contribution in [0, 0.1) is 0 Å². The van der Waals surface area contributed by atoms with Crippen molar-refractivity contribution in [1.29, 1.82) is 0 Å². The number of nitrogens with one attached hydrogen (secondary N) is 2. The molecule has 0 atom stereocenters. The highest BCUT2D eigenvalue weighted by atomic mass is 35.5. The molecule has 1 aliphatic heterocycles. The second-order valence-corrected chi connectivity index (χ2v) is 11.7. The number of ether oxygens (including phenoxy) is 1. The summed E-state index contributed by atoms with van der Waals surface area (Å²) in [5, 5.41) is 16.4. The van der Waals surface area contributed by atoms with E-state index in [-0.39, 0.29) is 30.3 Å². The lowest BCUT2D eigenvalue weighted by atomic mass is 10.0. The third kappa shape index (κ3) is 11.0. The Morgan fingerprint density at radius 3 is 2.28 bits per heavy atom. The second-order valence-electron chi connectivity index (χ2n) is 11.2. The van der Waals surface area contributed by atoms with Crippen molar-refractivity contribution in [3.05, 3.63) is 83.4 Å². The van der Waals surface area contributed by atoms with Crippen LogP contribution in [0.25, 0.3) is 11.1 Å². The third-order valence-corrected chi connectivity index (χ3v) is 8.17. The number of benzene rings is 3. The molecule has 1 heterocycles. The third-order valence-electron chi connectivity index (χ3n) is 7.93. The first-order valence-electron chi connectivity index (χ1n) is 15.6. The summed E-state index contributed by atoms with van der Waals surface area (Å²) < 4.78 is 5.77. The monoisotopic (exact) mass is 605 g/mol. The van der Waals surface area contributed by atoms with Gasteiger partial charge in [-0.3, -0.25) is 10.1 Å². The van der Waals surface area contributed by atoms with Crippen molar-refractivity contribution in [3.8, 4) is 16.9 Å². The van der Waals surface area contributed by atoms with Crippen molar-refractivity contribution in [2.75, 3.05) is 38.0 Å². The number of carbonyl (C=O) groups excluding carboxylic acids is 2. The number of Topliss-reactive ketones (excluding diaryl/α,β-unsaturated/α-hetero) is 1. The van der Waals surface area contributed by atoms with Crippen LogP contribution in [0.4, 0.5) is 10.5 Å². The number of nitrogens with zero attached hydrogens (tertiary/aromatic N) is 1. The largest absolute Gasteiger partial charge is 0.507 e. The number of amides is 1. The van der Waals surface area contributed by atoms with Gasteiger partial charge in [-0.05, 0) is 68.6 Å². The highest BCUT2D eigenvalue weighted by Crippen LogP contribution is 2.28. The van der Waals surface area contributed by atoms with Gasteiger partial charge in [-0.15, -0.1) is 0 Å². The normalized spacial score (nSPS) is 14.0. The van der Waals surface area contributed by atoms with Gasteiger partial charge < -0.3 is 20.1 Å². The molecular formula is C35H44ClN3O4. The molecule has 0 radical (unpaired) electrons. The van der Waals surface area contributed by atoms with E-state index in [2.05, 4.69) is 15.5 Å². The molecule has 1 fully saturated rings. The molecule has 1 aliphatic rings. The standard InChI is InChI=1S/C35H44ClN3O4/c36-28-17-18-31(33(40)25-28)34(41)26-37-21-11-4-2-1-3-5-12-22-39-23-19-29(20-24-39)43-35(42)38-32-16-10-9-15-30(32)27-13-7-6-8-14-27/h6-10,13-18,25,29,37,40H,1-5,11-12,19-24,26H2,(H,38,42). The predicted molar refractivity (Wildman–Crippen MR) is 174 cm³/mol. The summed E-state index contributed by atoms with van der Waals surface area (Å²) in [6, 6.07) is 22.4. The summed E-state index contributed by atoms with van der Waals surface area (Å²) in [6.45, 7) is 4.04. The summed E-state index contributed by atoms with van der Waals surface area (Å²) in [6.07, 6.45) is 9.60. The smallest absolute Gasteiger partial charge is 0.411 e. The average molecular weight is 606 g/mol. The van der Waals surface area contributed by atoms with Crippen LogP contribution in [-0.4, -0.2) is 60.7 Å². The zero-order valence-corrected chi connectivity index (χ0v) is 25.7. The zero-order chi connectivity index (χ0) is 30.3. The van der Waals surface area contributed by atoms with E-state index < -0.39 is 0 Å². The minimum Gasteiger partial charge on any atom is -0.507 e. The molecule has 3 aromatic carbocycles. The molecule has 8 heteroatoms. The Morgan fingerprint density at radius 2 is 1.53 bits per heavy atom. The number of piperidine rings is 1.